The van der Waals surface area contributed by atoms with Crippen LogP contribution in [0.4, 0.5) is 5.69 Å². The molecule has 0 aliphatic carbocycles. The van der Waals surface area contributed by atoms with Gasteiger partial charge in [0.15, 0.2) is 16.7 Å². The third-order valence-corrected chi connectivity index (χ3v) is 5.49. The van der Waals surface area contributed by atoms with Crippen LogP contribution in [0.3, 0.4) is 0 Å². The maximum absolute atomic E-state index is 13.0. The summed E-state index contributed by atoms with van der Waals surface area (Å²) in [5.74, 6) is 2.37. The van der Waals surface area contributed by atoms with Crippen LogP contribution in [0.15, 0.2) is 41.4 Å². The standard InChI is InChI=1S/C21H24N2O4S/c1-14-7-5-6-8-16(14)22-21-23(11-12-28-21)18(24)13-15-9-10-17(25-2)20(27-4)19(15)26-3/h5-10H,11-13H2,1-4H3. The quantitative estimate of drug-likeness (QED) is 0.738. The summed E-state index contributed by atoms with van der Waals surface area (Å²) in [7, 11) is 4.68. The van der Waals surface area contributed by atoms with E-state index in [-0.39, 0.29) is 12.3 Å². The largest absolute Gasteiger partial charge is 0.493 e. The second-order valence-electron chi connectivity index (χ2n) is 6.24. The van der Waals surface area contributed by atoms with E-state index in [9.17, 15) is 4.79 Å². The van der Waals surface area contributed by atoms with Crippen LogP contribution in [0.2, 0.25) is 0 Å². The molecule has 0 spiro atoms. The summed E-state index contributed by atoms with van der Waals surface area (Å²) in [5.41, 5.74) is 2.71. The van der Waals surface area contributed by atoms with Crippen LogP contribution in [0.5, 0.6) is 17.2 Å². The third kappa shape index (κ3) is 4.09. The van der Waals surface area contributed by atoms with Crippen LogP contribution in [0.25, 0.3) is 0 Å². The summed E-state index contributed by atoms with van der Waals surface area (Å²) in [6.45, 7) is 2.66. The van der Waals surface area contributed by atoms with Gasteiger partial charge in [0.1, 0.15) is 0 Å². The van der Waals surface area contributed by atoms with Crippen LogP contribution in [-0.4, -0.2) is 49.6 Å². The Morgan fingerprint density at radius 1 is 1.07 bits per heavy atom. The molecule has 1 heterocycles. The summed E-state index contributed by atoms with van der Waals surface area (Å²) in [6.07, 6.45) is 0.191. The van der Waals surface area contributed by atoms with E-state index < -0.39 is 0 Å². The predicted molar refractivity (Wildman–Crippen MR) is 112 cm³/mol. The van der Waals surface area contributed by atoms with E-state index in [4.69, 9.17) is 19.2 Å². The summed E-state index contributed by atoms with van der Waals surface area (Å²) in [6, 6.07) is 11.5. The van der Waals surface area contributed by atoms with Gasteiger partial charge in [0.2, 0.25) is 11.7 Å². The van der Waals surface area contributed by atoms with E-state index in [1.54, 1.807) is 44.1 Å². The molecule has 1 saturated heterocycles. The number of methoxy groups -OCH3 is 3. The molecule has 1 amide bonds. The Kier molecular flexibility index (Phi) is 6.46. The lowest BCUT2D eigenvalue weighted by Gasteiger charge is -2.19. The van der Waals surface area contributed by atoms with Gasteiger partial charge < -0.3 is 14.2 Å². The highest BCUT2D eigenvalue weighted by molar-refractivity contribution is 8.14. The Labute approximate surface area is 169 Å². The monoisotopic (exact) mass is 400 g/mol. The number of carbonyl (C=O) groups is 1. The van der Waals surface area contributed by atoms with Gasteiger partial charge in [0, 0.05) is 17.9 Å². The molecule has 1 aliphatic rings. The van der Waals surface area contributed by atoms with Gasteiger partial charge >= 0.3 is 0 Å². The first-order valence-corrected chi connectivity index (χ1v) is 9.93. The number of thioether (sulfide) groups is 1. The average molecular weight is 401 g/mol. The number of para-hydroxylation sites is 1. The van der Waals surface area contributed by atoms with Crippen molar-refractivity contribution in [2.75, 3.05) is 33.6 Å². The van der Waals surface area contributed by atoms with E-state index in [0.29, 0.717) is 23.8 Å². The molecule has 2 aromatic carbocycles. The summed E-state index contributed by atoms with van der Waals surface area (Å²) >= 11 is 1.60. The van der Waals surface area contributed by atoms with Gasteiger partial charge in [-0.25, -0.2) is 4.99 Å². The van der Waals surface area contributed by atoms with Gasteiger partial charge in [0.05, 0.1) is 33.4 Å². The number of nitrogens with zero attached hydrogens (tertiary/aromatic N) is 2. The highest BCUT2D eigenvalue weighted by Gasteiger charge is 2.27. The second kappa shape index (κ2) is 9.01. The molecule has 28 heavy (non-hydrogen) atoms. The topological polar surface area (TPSA) is 60.4 Å². The van der Waals surface area contributed by atoms with Crippen LogP contribution in [0, 0.1) is 6.92 Å². The number of hydrogen-bond donors (Lipinski definition) is 0. The molecule has 3 rings (SSSR count). The lowest BCUT2D eigenvalue weighted by Crippen LogP contribution is -2.33. The highest BCUT2D eigenvalue weighted by atomic mass is 32.2. The van der Waals surface area contributed by atoms with Crippen LogP contribution in [-0.2, 0) is 11.2 Å². The molecule has 148 valence electrons. The van der Waals surface area contributed by atoms with Crippen molar-refractivity contribution in [1.29, 1.82) is 0 Å². The number of amides is 1. The fourth-order valence-corrected chi connectivity index (χ4v) is 4.05. The molecule has 0 unspecified atom stereocenters. The Morgan fingerprint density at radius 3 is 2.50 bits per heavy atom. The van der Waals surface area contributed by atoms with E-state index >= 15 is 0 Å². The first-order valence-electron chi connectivity index (χ1n) is 8.94. The molecule has 0 radical (unpaired) electrons. The number of benzene rings is 2. The van der Waals surface area contributed by atoms with Crippen molar-refractivity contribution in [2.45, 2.75) is 13.3 Å². The molecule has 7 heteroatoms. The van der Waals surface area contributed by atoms with Gasteiger partial charge in [0.25, 0.3) is 0 Å². The molecule has 0 saturated carbocycles. The Morgan fingerprint density at radius 2 is 1.82 bits per heavy atom. The number of amidine groups is 1. The molecule has 2 aromatic rings. The van der Waals surface area contributed by atoms with Crippen molar-refractivity contribution >= 4 is 28.5 Å². The second-order valence-corrected chi connectivity index (χ2v) is 7.31. The first kappa shape index (κ1) is 20.1. The molecule has 0 aromatic heterocycles. The minimum Gasteiger partial charge on any atom is -0.493 e. The lowest BCUT2D eigenvalue weighted by atomic mass is 10.1. The number of aryl methyl sites for hydroxylation is 1. The zero-order valence-electron chi connectivity index (χ0n) is 16.5. The SMILES string of the molecule is COc1ccc(CC(=O)N2CCSC2=Nc2ccccc2C)c(OC)c1OC. The Balaban J connectivity index is 1.86. The number of rotatable bonds is 6. The van der Waals surface area contributed by atoms with Crippen LogP contribution >= 0.6 is 11.8 Å². The van der Waals surface area contributed by atoms with Gasteiger partial charge in [-0.05, 0) is 24.6 Å². The Bertz CT molecular complexity index is 898. The summed E-state index contributed by atoms with van der Waals surface area (Å²) in [4.78, 5) is 19.5. The molecular formula is C21H24N2O4S. The number of hydrogen-bond acceptors (Lipinski definition) is 6. The van der Waals surface area contributed by atoms with E-state index in [1.165, 1.54) is 0 Å². The van der Waals surface area contributed by atoms with Crippen molar-refractivity contribution in [3.8, 4) is 17.2 Å². The fraction of sp³-hybridized carbons (Fsp3) is 0.333. The number of carbonyl (C=O) groups excluding carboxylic acids is 1. The van der Waals surface area contributed by atoms with Gasteiger partial charge in [-0.3, -0.25) is 9.69 Å². The molecule has 1 aliphatic heterocycles. The maximum atomic E-state index is 13.0. The first-order chi connectivity index (χ1) is 13.6. The molecule has 0 bridgehead atoms. The Hall–Kier alpha value is -2.67. The van der Waals surface area contributed by atoms with Crippen molar-refractivity contribution < 1.29 is 19.0 Å². The summed E-state index contributed by atoms with van der Waals surface area (Å²) < 4.78 is 16.2. The zero-order chi connectivity index (χ0) is 20.1. The van der Waals surface area contributed by atoms with E-state index in [0.717, 1.165) is 27.7 Å². The molecule has 6 nitrogen and oxygen atoms in total. The molecule has 0 atom stereocenters. The van der Waals surface area contributed by atoms with Gasteiger partial charge in [-0.15, -0.1) is 0 Å². The van der Waals surface area contributed by atoms with Gasteiger partial charge in [-0.2, -0.15) is 0 Å². The van der Waals surface area contributed by atoms with Crippen molar-refractivity contribution in [1.82, 2.24) is 4.90 Å². The fourth-order valence-electron chi connectivity index (χ4n) is 3.08. The third-order valence-electron chi connectivity index (χ3n) is 4.54. The predicted octanol–water partition coefficient (Wildman–Crippen LogP) is 3.83. The molecule has 0 N–H and O–H groups in total. The normalized spacial score (nSPS) is 15.0. The van der Waals surface area contributed by atoms with Crippen molar-refractivity contribution in [3.63, 3.8) is 0 Å². The zero-order valence-corrected chi connectivity index (χ0v) is 17.3. The lowest BCUT2D eigenvalue weighted by molar-refractivity contribution is -0.126. The van der Waals surface area contributed by atoms with Crippen molar-refractivity contribution in [3.05, 3.63) is 47.5 Å². The molecule has 1 fully saturated rings. The van der Waals surface area contributed by atoms with E-state index in [2.05, 4.69) is 0 Å². The number of ether oxygens (including phenoxy) is 3. The smallest absolute Gasteiger partial charge is 0.233 e. The summed E-state index contributed by atoms with van der Waals surface area (Å²) in [5, 5.41) is 0.735. The average Bonchev–Trinajstić information content (AvgIpc) is 3.17. The minimum atomic E-state index is -0.0251. The van der Waals surface area contributed by atoms with E-state index in [1.807, 2.05) is 37.3 Å². The maximum Gasteiger partial charge on any atom is 0.233 e. The number of aliphatic imine (C=N–C) groups is 1. The minimum absolute atomic E-state index is 0.0251. The van der Waals surface area contributed by atoms with Crippen molar-refractivity contribution in [2.24, 2.45) is 4.99 Å². The highest BCUT2D eigenvalue weighted by Crippen LogP contribution is 2.40. The van der Waals surface area contributed by atoms with Crippen LogP contribution in [0.1, 0.15) is 11.1 Å². The van der Waals surface area contributed by atoms with Gasteiger partial charge in [-0.1, -0.05) is 36.0 Å². The molecular weight excluding hydrogens is 376 g/mol. The van der Waals surface area contributed by atoms with Crippen LogP contribution < -0.4 is 14.2 Å².